The van der Waals surface area contributed by atoms with Crippen molar-refractivity contribution in [2.24, 2.45) is 0 Å². The van der Waals surface area contributed by atoms with Crippen LogP contribution in [0, 0.1) is 0 Å². The van der Waals surface area contributed by atoms with E-state index in [4.69, 9.17) is 9.47 Å². The molecule has 0 heterocycles. The van der Waals surface area contributed by atoms with Gasteiger partial charge in [-0.05, 0) is 43.7 Å². The van der Waals surface area contributed by atoms with Crippen LogP contribution in [0.2, 0.25) is 0 Å². The van der Waals surface area contributed by atoms with E-state index in [-0.39, 0.29) is 0 Å². The SMILES string of the molecule is C=C/C=C(\C=C/CC)O/C(C)=C/C=C(\C=C)OC.CC.CC.CC. The summed E-state index contributed by atoms with van der Waals surface area (Å²) in [5.41, 5.74) is 0. The lowest BCUT2D eigenvalue weighted by molar-refractivity contribution is 0.305. The predicted octanol–water partition coefficient (Wildman–Crippen LogP) is 7.74. The largest absolute Gasteiger partial charge is 0.497 e. The maximum Gasteiger partial charge on any atom is 0.126 e. The average molecular weight is 337 g/mol. The third-order valence-corrected chi connectivity index (χ3v) is 2.00. The van der Waals surface area contributed by atoms with Crippen LogP contribution in [0.15, 0.2) is 73.0 Å². The minimum Gasteiger partial charge on any atom is -0.497 e. The Morgan fingerprint density at radius 2 is 1.42 bits per heavy atom. The number of allylic oxidation sites excluding steroid dienone is 8. The molecule has 140 valence electrons. The van der Waals surface area contributed by atoms with Gasteiger partial charge >= 0.3 is 0 Å². The molecule has 0 saturated carbocycles. The van der Waals surface area contributed by atoms with Crippen molar-refractivity contribution in [2.45, 2.75) is 61.8 Å². The summed E-state index contributed by atoms with van der Waals surface area (Å²) in [6.45, 7) is 23.3. The van der Waals surface area contributed by atoms with E-state index in [1.54, 1.807) is 25.3 Å². The minimum absolute atomic E-state index is 0.691. The van der Waals surface area contributed by atoms with Gasteiger partial charge in [-0.15, -0.1) is 0 Å². The van der Waals surface area contributed by atoms with E-state index < -0.39 is 0 Å². The molecule has 0 N–H and O–H groups in total. The Morgan fingerprint density at radius 3 is 1.79 bits per heavy atom. The first kappa shape index (κ1) is 30.0. The fourth-order valence-electron chi connectivity index (χ4n) is 1.11. The second kappa shape index (κ2) is 29.1. The molecule has 0 fully saturated rings. The zero-order valence-electron chi connectivity index (χ0n) is 17.5. The summed E-state index contributed by atoms with van der Waals surface area (Å²) in [7, 11) is 1.60. The molecular weight excluding hydrogens is 296 g/mol. The monoisotopic (exact) mass is 336 g/mol. The van der Waals surface area contributed by atoms with E-state index in [0.29, 0.717) is 5.76 Å². The first-order valence-electron chi connectivity index (χ1n) is 8.90. The van der Waals surface area contributed by atoms with Crippen molar-refractivity contribution >= 4 is 0 Å². The molecule has 0 atom stereocenters. The van der Waals surface area contributed by atoms with Crippen LogP contribution in [0.5, 0.6) is 0 Å². The molecule has 0 unspecified atom stereocenters. The summed E-state index contributed by atoms with van der Waals surface area (Å²) >= 11 is 0. The first-order valence-corrected chi connectivity index (χ1v) is 8.90. The molecule has 24 heavy (non-hydrogen) atoms. The smallest absolute Gasteiger partial charge is 0.126 e. The molecule has 0 aliphatic rings. The second-order valence-corrected chi connectivity index (χ2v) is 3.47. The van der Waals surface area contributed by atoms with Crippen LogP contribution in [0.1, 0.15) is 61.8 Å². The highest BCUT2D eigenvalue weighted by molar-refractivity contribution is 5.22. The highest BCUT2D eigenvalue weighted by atomic mass is 16.5. The summed E-state index contributed by atoms with van der Waals surface area (Å²) in [4.78, 5) is 0. The fraction of sp³-hybridized carbons (Fsp3) is 0.455. The molecule has 0 bridgehead atoms. The van der Waals surface area contributed by atoms with Gasteiger partial charge in [0.05, 0.1) is 7.11 Å². The van der Waals surface area contributed by atoms with E-state index in [2.05, 4.69) is 20.1 Å². The summed E-state index contributed by atoms with van der Waals surface area (Å²) in [6, 6.07) is 0. The summed E-state index contributed by atoms with van der Waals surface area (Å²) in [6.07, 6.45) is 13.7. The molecule has 0 aromatic carbocycles. The lowest BCUT2D eigenvalue weighted by atomic mass is 10.3. The molecule has 0 radical (unpaired) electrons. The Labute approximate surface area is 152 Å². The lowest BCUT2D eigenvalue weighted by Gasteiger charge is -2.05. The number of hydrogen-bond donors (Lipinski definition) is 0. The van der Waals surface area contributed by atoms with Crippen molar-refractivity contribution in [1.82, 2.24) is 0 Å². The van der Waals surface area contributed by atoms with Gasteiger partial charge in [-0.2, -0.15) is 0 Å². The first-order chi connectivity index (χ1) is 11.7. The highest BCUT2D eigenvalue weighted by Crippen LogP contribution is 2.09. The van der Waals surface area contributed by atoms with Gasteiger partial charge in [-0.25, -0.2) is 0 Å². The maximum atomic E-state index is 5.66. The number of hydrogen-bond acceptors (Lipinski definition) is 2. The molecule has 0 aromatic rings. The number of ether oxygens (including phenoxy) is 2. The van der Waals surface area contributed by atoms with E-state index in [1.165, 1.54) is 0 Å². The molecule has 0 rings (SSSR count). The lowest BCUT2D eigenvalue weighted by Crippen LogP contribution is -1.87. The molecule has 2 nitrogen and oxygen atoms in total. The fourth-order valence-corrected chi connectivity index (χ4v) is 1.11. The Kier molecular flexibility index (Phi) is 36.4. The Hall–Kier alpha value is -1.96. The zero-order valence-corrected chi connectivity index (χ0v) is 17.5. The van der Waals surface area contributed by atoms with Gasteiger partial charge in [0, 0.05) is 0 Å². The van der Waals surface area contributed by atoms with E-state index >= 15 is 0 Å². The average Bonchev–Trinajstić information content (AvgIpc) is 2.65. The van der Waals surface area contributed by atoms with Gasteiger partial charge in [0.1, 0.15) is 17.3 Å². The van der Waals surface area contributed by atoms with Gasteiger partial charge in [0.15, 0.2) is 0 Å². The second-order valence-electron chi connectivity index (χ2n) is 3.47. The van der Waals surface area contributed by atoms with Crippen molar-refractivity contribution in [2.75, 3.05) is 7.11 Å². The quantitative estimate of drug-likeness (QED) is 0.333. The Balaban J connectivity index is -0.000000297. The molecular formula is C22H40O2. The van der Waals surface area contributed by atoms with Gasteiger partial charge in [0.25, 0.3) is 0 Å². The third kappa shape index (κ3) is 22.3. The molecule has 0 amide bonds. The van der Waals surface area contributed by atoms with E-state index in [1.807, 2.05) is 72.8 Å². The third-order valence-electron chi connectivity index (χ3n) is 2.00. The molecule has 0 saturated heterocycles. The number of methoxy groups -OCH3 is 1. The summed E-state index contributed by atoms with van der Waals surface area (Å²) < 4.78 is 10.7. The van der Waals surface area contributed by atoms with Crippen molar-refractivity contribution < 1.29 is 9.47 Å². The van der Waals surface area contributed by atoms with Crippen LogP contribution in [0.4, 0.5) is 0 Å². The maximum absolute atomic E-state index is 5.66. The standard InChI is InChI=1S/C16H22O2.3C2H6/c1-6-9-11-16(10-7-2)18-14(4)12-13-15(8-3)17-5;3*1-2/h7-13H,2-3,6H2,1,4-5H3;3*1-2H3/b11-9-,14-12+,15-13+,16-10+;;;. The zero-order chi connectivity index (χ0) is 19.8. The van der Waals surface area contributed by atoms with Crippen LogP contribution in [0.25, 0.3) is 0 Å². The minimum atomic E-state index is 0.691. The van der Waals surface area contributed by atoms with E-state index in [0.717, 1.165) is 17.9 Å². The normalized spacial score (nSPS) is 11.0. The van der Waals surface area contributed by atoms with Crippen molar-refractivity contribution in [3.05, 3.63) is 73.0 Å². The van der Waals surface area contributed by atoms with Crippen molar-refractivity contribution in [3.63, 3.8) is 0 Å². The Bertz CT molecular complexity index is 383. The highest BCUT2D eigenvalue weighted by Gasteiger charge is 1.94. The Morgan fingerprint density at radius 1 is 0.875 bits per heavy atom. The molecule has 0 aliphatic heterocycles. The predicted molar refractivity (Wildman–Crippen MR) is 112 cm³/mol. The van der Waals surface area contributed by atoms with Crippen molar-refractivity contribution in [3.8, 4) is 0 Å². The summed E-state index contributed by atoms with van der Waals surface area (Å²) in [5.74, 6) is 2.21. The van der Waals surface area contributed by atoms with Gasteiger partial charge < -0.3 is 9.47 Å². The molecule has 2 heteroatoms. The van der Waals surface area contributed by atoms with Crippen LogP contribution in [-0.2, 0) is 9.47 Å². The molecule has 0 aromatic heterocycles. The van der Waals surface area contributed by atoms with Crippen LogP contribution < -0.4 is 0 Å². The molecule has 0 aliphatic carbocycles. The van der Waals surface area contributed by atoms with Gasteiger partial charge in [0.2, 0.25) is 0 Å². The van der Waals surface area contributed by atoms with Gasteiger partial charge in [-0.3, -0.25) is 0 Å². The summed E-state index contributed by atoms with van der Waals surface area (Å²) in [5, 5.41) is 0. The van der Waals surface area contributed by atoms with Gasteiger partial charge in [-0.1, -0.05) is 73.8 Å². The molecule has 0 spiro atoms. The van der Waals surface area contributed by atoms with Crippen LogP contribution in [0.3, 0.4) is 0 Å². The van der Waals surface area contributed by atoms with E-state index in [9.17, 15) is 0 Å². The topological polar surface area (TPSA) is 18.5 Å². The van der Waals surface area contributed by atoms with Crippen molar-refractivity contribution in [1.29, 1.82) is 0 Å². The van der Waals surface area contributed by atoms with Crippen LogP contribution >= 0.6 is 0 Å². The van der Waals surface area contributed by atoms with Crippen LogP contribution in [-0.4, -0.2) is 7.11 Å². The number of rotatable bonds is 8.